The predicted molar refractivity (Wildman–Crippen MR) is 46.4 cm³/mol. The normalized spacial score (nSPS) is 40.3. The molecule has 1 saturated heterocycles. The van der Waals surface area contributed by atoms with E-state index >= 15 is 0 Å². The summed E-state index contributed by atoms with van der Waals surface area (Å²) >= 11 is 0. The molecule has 2 nitrogen and oxygen atoms in total. The SMILES string of the molecule is CC1=C[C@@H]2OO[C@H]1C[C@@H]2C(C)C. The van der Waals surface area contributed by atoms with E-state index in [0.29, 0.717) is 11.8 Å². The van der Waals surface area contributed by atoms with E-state index < -0.39 is 0 Å². The third-order valence-electron chi connectivity index (χ3n) is 2.98. The monoisotopic (exact) mass is 168 g/mol. The molecule has 3 atom stereocenters. The van der Waals surface area contributed by atoms with Gasteiger partial charge in [-0.15, -0.1) is 0 Å². The van der Waals surface area contributed by atoms with Crippen molar-refractivity contribution in [3.05, 3.63) is 11.6 Å². The molecule has 1 fully saturated rings. The number of hydrogen-bond acceptors (Lipinski definition) is 2. The molecule has 3 rings (SSSR count). The molecule has 0 unspecified atom stereocenters. The lowest BCUT2D eigenvalue weighted by molar-refractivity contribution is -0.379. The Morgan fingerprint density at radius 2 is 2.17 bits per heavy atom. The van der Waals surface area contributed by atoms with Crippen molar-refractivity contribution < 1.29 is 9.78 Å². The van der Waals surface area contributed by atoms with Crippen molar-refractivity contribution in [2.24, 2.45) is 11.8 Å². The first kappa shape index (κ1) is 8.27. The van der Waals surface area contributed by atoms with Crippen LogP contribution in [-0.4, -0.2) is 12.2 Å². The minimum Gasteiger partial charge on any atom is -0.228 e. The molecule has 0 spiro atoms. The molecule has 12 heavy (non-hydrogen) atoms. The molecule has 2 heterocycles. The van der Waals surface area contributed by atoms with Crippen molar-refractivity contribution in [1.29, 1.82) is 0 Å². The Balaban J connectivity index is 2.17. The Bertz CT molecular complexity index is 208. The van der Waals surface area contributed by atoms with Crippen molar-refractivity contribution in [3.8, 4) is 0 Å². The van der Waals surface area contributed by atoms with Gasteiger partial charge in [-0.1, -0.05) is 19.9 Å². The summed E-state index contributed by atoms with van der Waals surface area (Å²) in [6.45, 7) is 6.62. The molecule has 0 aromatic carbocycles. The summed E-state index contributed by atoms with van der Waals surface area (Å²) in [5.74, 6) is 1.33. The third kappa shape index (κ3) is 1.19. The number of hydrogen-bond donors (Lipinski definition) is 0. The van der Waals surface area contributed by atoms with Gasteiger partial charge >= 0.3 is 0 Å². The van der Waals surface area contributed by atoms with Gasteiger partial charge in [0.2, 0.25) is 0 Å². The van der Waals surface area contributed by atoms with Crippen LogP contribution in [0.15, 0.2) is 11.6 Å². The average molecular weight is 168 g/mol. The summed E-state index contributed by atoms with van der Waals surface area (Å²) in [7, 11) is 0. The molecule has 1 aliphatic carbocycles. The maximum Gasteiger partial charge on any atom is 0.115 e. The Labute approximate surface area is 73.5 Å². The molecule has 3 aliphatic rings. The van der Waals surface area contributed by atoms with Gasteiger partial charge in [-0.05, 0) is 30.8 Å². The largest absolute Gasteiger partial charge is 0.228 e. The van der Waals surface area contributed by atoms with Crippen molar-refractivity contribution >= 4 is 0 Å². The Kier molecular flexibility index (Phi) is 1.97. The summed E-state index contributed by atoms with van der Waals surface area (Å²) in [5.41, 5.74) is 1.34. The zero-order chi connectivity index (χ0) is 8.72. The maximum absolute atomic E-state index is 5.24. The highest BCUT2D eigenvalue weighted by Gasteiger charge is 2.38. The fraction of sp³-hybridized carbons (Fsp3) is 0.800. The van der Waals surface area contributed by atoms with Crippen LogP contribution in [0.2, 0.25) is 0 Å². The van der Waals surface area contributed by atoms with Crippen molar-refractivity contribution in [3.63, 3.8) is 0 Å². The minimum absolute atomic E-state index is 0.204. The number of rotatable bonds is 1. The quantitative estimate of drug-likeness (QED) is 0.442. The van der Waals surface area contributed by atoms with Crippen LogP contribution in [-0.2, 0) is 9.78 Å². The van der Waals surface area contributed by atoms with Crippen molar-refractivity contribution in [1.82, 2.24) is 0 Å². The van der Waals surface area contributed by atoms with Gasteiger partial charge in [-0.3, -0.25) is 0 Å². The summed E-state index contributed by atoms with van der Waals surface area (Å²) in [5, 5.41) is 0. The predicted octanol–water partition coefficient (Wildman–Crippen LogP) is 2.31. The molecule has 0 amide bonds. The van der Waals surface area contributed by atoms with E-state index in [0.717, 1.165) is 6.42 Å². The molecule has 0 aromatic heterocycles. The maximum atomic E-state index is 5.24. The zero-order valence-corrected chi connectivity index (χ0v) is 7.91. The zero-order valence-electron chi connectivity index (χ0n) is 7.91. The van der Waals surface area contributed by atoms with Gasteiger partial charge in [0.25, 0.3) is 0 Å². The molecular weight excluding hydrogens is 152 g/mol. The van der Waals surface area contributed by atoms with E-state index in [9.17, 15) is 0 Å². The second-order valence-corrected chi connectivity index (χ2v) is 4.20. The fourth-order valence-electron chi connectivity index (χ4n) is 2.05. The lowest BCUT2D eigenvalue weighted by Crippen LogP contribution is -2.42. The van der Waals surface area contributed by atoms with E-state index in [2.05, 4.69) is 26.8 Å². The van der Waals surface area contributed by atoms with Gasteiger partial charge in [-0.2, -0.15) is 0 Å². The highest BCUT2D eigenvalue weighted by molar-refractivity contribution is 5.16. The van der Waals surface area contributed by atoms with E-state index in [1.165, 1.54) is 5.57 Å². The Hall–Kier alpha value is -0.340. The molecule has 2 aliphatic heterocycles. The van der Waals surface area contributed by atoms with Gasteiger partial charge in [0.05, 0.1) is 0 Å². The highest BCUT2D eigenvalue weighted by atomic mass is 17.2. The molecule has 0 saturated carbocycles. The third-order valence-corrected chi connectivity index (χ3v) is 2.98. The second-order valence-electron chi connectivity index (χ2n) is 4.20. The Morgan fingerprint density at radius 3 is 2.58 bits per heavy atom. The molecule has 0 aromatic rings. The van der Waals surface area contributed by atoms with Gasteiger partial charge in [0.15, 0.2) is 0 Å². The van der Waals surface area contributed by atoms with Crippen LogP contribution in [0.5, 0.6) is 0 Å². The molecule has 0 N–H and O–H groups in total. The lowest BCUT2D eigenvalue weighted by atomic mass is 9.78. The van der Waals surface area contributed by atoms with Gasteiger partial charge in [0, 0.05) is 0 Å². The van der Waals surface area contributed by atoms with Gasteiger partial charge in [0.1, 0.15) is 12.2 Å². The van der Waals surface area contributed by atoms with Crippen molar-refractivity contribution in [2.75, 3.05) is 0 Å². The van der Waals surface area contributed by atoms with Crippen LogP contribution in [0.25, 0.3) is 0 Å². The molecule has 2 heteroatoms. The average Bonchev–Trinajstić information content (AvgIpc) is 2.04. The molecular formula is C10H16O2. The van der Waals surface area contributed by atoms with E-state index in [1.54, 1.807) is 0 Å². The van der Waals surface area contributed by atoms with Crippen LogP contribution < -0.4 is 0 Å². The van der Waals surface area contributed by atoms with Gasteiger partial charge < -0.3 is 0 Å². The summed E-state index contributed by atoms with van der Waals surface area (Å²) in [6.07, 6.45) is 3.77. The summed E-state index contributed by atoms with van der Waals surface area (Å²) < 4.78 is 0. The lowest BCUT2D eigenvalue weighted by Gasteiger charge is -2.40. The first-order valence-corrected chi connectivity index (χ1v) is 4.69. The van der Waals surface area contributed by atoms with Crippen LogP contribution >= 0.6 is 0 Å². The standard InChI is InChI=1S/C10H16O2/c1-6(2)8-5-9-7(3)4-10(8)12-11-9/h4,6,8-10H,5H2,1-3H3/t8-,9+,10+/m1/s1. The van der Waals surface area contributed by atoms with E-state index in [1.807, 2.05) is 0 Å². The van der Waals surface area contributed by atoms with Crippen LogP contribution in [0, 0.1) is 11.8 Å². The molecule has 2 bridgehead atoms. The fourth-order valence-corrected chi connectivity index (χ4v) is 2.05. The van der Waals surface area contributed by atoms with Crippen molar-refractivity contribution in [2.45, 2.75) is 39.4 Å². The first-order chi connectivity index (χ1) is 5.68. The van der Waals surface area contributed by atoms with E-state index in [-0.39, 0.29) is 12.2 Å². The second kappa shape index (κ2) is 2.86. The van der Waals surface area contributed by atoms with E-state index in [4.69, 9.17) is 9.78 Å². The number of fused-ring (bicyclic) bond motifs is 2. The first-order valence-electron chi connectivity index (χ1n) is 4.69. The smallest absolute Gasteiger partial charge is 0.115 e. The van der Waals surface area contributed by atoms with Crippen LogP contribution in [0.1, 0.15) is 27.2 Å². The van der Waals surface area contributed by atoms with Crippen LogP contribution in [0.4, 0.5) is 0 Å². The summed E-state index contributed by atoms with van der Waals surface area (Å²) in [4.78, 5) is 10.4. The summed E-state index contributed by atoms with van der Waals surface area (Å²) in [6, 6.07) is 0. The molecule has 68 valence electrons. The van der Waals surface area contributed by atoms with Crippen LogP contribution in [0.3, 0.4) is 0 Å². The molecule has 0 radical (unpaired) electrons. The topological polar surface area (TPSA) is 18.5 Å². The van der Waals surface area contributed by atoms with Gasteiger partial charge in [-0.25, -0.2) is 9.78 Å². The minimum atomic E-state index is 0.204. The highest BCUT2D eigenvalue weighted by Crippen LogP contribution is 2.37. The Morgan fingerprint density at radius 1 is 1.42 bits per heavy atom.